The van der Waals surface area contributed by atoms with E-state index >= 15 is 0 Å². The van der Waals surface area contributed by atoms with Crippen LogP contribution in [-0.4, -0.2) is 43.9 Å². The Labute approximate surface area is 135 Å². The molecule has 3 nitrogen and oxygen atoms in total. The van der Waals surface area contributed by atoms with Gasteiger partial charge in [0, 0.05) is 26.2 Å². The van der Waals surface area contributed by atoms with Crippen LogP contribution in [0.3, 0.4) is 0 Å². The summed E-state index contributed by atoms with van der Waals surface area (Å²) >= 11 is 0. The number of ether oxygens (including phenoxy) is 1. The first-order valence-electron chi connectivity index (χ1n) is 8.58. The first-order chi connectivity index (χ1) is 10.8. The van der Waals surface area contributed by atoms with Crippen molar-refractivity contribution in [3.05, 3.63) is 41.5 Å². The van der Waals surface area contributed by atoms with Crippen LogP contribution in [0.2, 0.25) is 0 Å². The monoisotopic (exact) mass is 302 g/mol. The third-order valence-electron chi connectivity index (χ3n) is 4.08. The molecule has 1 saturated heterocycles. The Morgan fingerprint density at radius 1 is 1.36 bits per heavy atom. The molecule has 1 aliphatic rings. The number of benzene rings is 1. The zero-order chi connectivity index (χ0) is 15.6. The highest BCUT2D eigenvalue weighted by molar-refractivity contribution is 5.52. The second-order valence-electron chi connectivity index (χ2n) is 6.02. The van der Waals surface area contributed by atoms with Crippen LogP contribution in [0.15, 0.2) is 35.9 Å². The number of nitrogens with zero attached hydrogens (tertiary/aromatic N) is 1. The molecule has 0 aliphatic carbocycles. The lowest BCUT2D eigenvalue weighted by atomic mass is 10.1. The Morgan fingerprint density at radius 2 is 2.18 bits per heavy atom. The van der Waals surface area contributed by atoms with Gasteiger partial charge >= 0.3 is 0 Å². The molecule has 1 atom stereocenters. The summed E-state index contributed by atoms with van der Waals surface area (Å²) in [6.45, 7) is 9.45. The molecule has 2 rings (SSSR count). The highest BCUT2D eigenvalue weighted by Crippen LogP contribution is 2.18. The van der Waals surface area contributed by atoms with Crippen molar-refractivity contribution in [3.63, 3.8) is 0 Å². The Balaban J connectivity index is 1.60. The Morgan fingerprint density at radius 3 is 2.95 bits per heavy atom. The molecule has 0 bridgehead atoms. The van der Waals surface area contributed by atoms with E-state index in [0.29, 0.717) is 6.23 Å². The summed E-state index contributed by atoms with van der Waals surface area (Å²) in [4.78, 5) is 2.48. The van der Waals surface area contributed by atoms with Gasteiger partial charge in [0.1, 0.15) is 6.23 Å². The molecule has 0 saturated carbocycles. The van der Waals surface area contributed by atoms with Gasteiger partial charge in [0.15, 0.2) is 0 Å². The first-order valence-corrected chi connectivity index (χ1v) is 8.58. The number of rotatable bonds is 9. The molecule has 22 heavy (non-hydrogen) atoms. The summed E-state index contributed by atoms with van der Waals surface area (Å²) in [5, 5.41) is 3.54. The molecule has 3 heteroatoms. The minimum absolute atomic E-state index is 0.365. The summed E-state index contributed by atoms with van der Waals surface area (Å²) in [6.07, 6.45) is 6.27. The summed E-state index contributed by atoms with van der Waals surface area (Å²) in [7, 11) is 0. The third-order valence-corrected chi connectivity index (χ3v) is 4.08. The van der Waals surface area contributed by atoms with Crippen LogP contribution in [-0.2, 0) is 4.74 Å². The van der Waals surface area contributed by atoms with E-state index in [2.05, 4.69) is 60.5 Å². The molecule has 0 aromatic heterocycles. The third kappa shape index (κ3) is 5.91. The van der Waals surface area contributed by atoms with Crippen LogP contribution < -0.4 is 5.32 Å². The summed E-state index contributed by atoms with van der Waals surface area (Å²) in [6, 6.07) is 10.5. The number of likely N-dealkylation sites (tertiary alicyclic amines) is 1. The van der Waals surface area contributed by atoms with Crippen molar-refractivity contribution in [2.45, 2.75) is 39.3 Å². The molecular weight excluding hydrogens is 272 g/mol. The minimum atomic E-state index is 0.365. The van der Waals surface area contributed by atoms with Crippen molar-refractivity contribution < 1.29 is 4.74 Å². The molecule has 1 fully saturated rings. The molecule has 0 amide bonds. The van der Waals surface area contributed by atoms with Crippen molar-refractivity contribution in [2.75, 3.05) is 32.8 Å². The number of hydrogen-bond acceptors (Lipinski definition) is 3. The van der Waals surface area contributed by atoms with Crippen LogP contribution in [0.5, 0.6) is 0 Å². The lowest BCUT2D eigenvalue weighted by Gasteiger charge is -2.24. The van der Waals surface area contributed by atoms with Gasteiger partial charge in [0.05, 0.1) is 0 Å². The predicted octanol–water partition coefficient (Wildman–Crippen LogP) is 3.53. The fourth-order valence-corrected chi connectivity index (χ4v) is 3.01. The van der Waals surface area contributed by atoms with Gasteiger partial charge in [-0.2, -0.15) is 0 Å². The standard InChI is InChI=1S/C19H30N2O/c1-3-22-19-11-7-13-21(19)14-8-12-20-16-17(2)15-18-9-5-4-6-10-18/h4-6,9-10,15,19-20H,3,7-8,11-14,16H2,1-2H3. The Bertz CT molecular complexity index is 444. The molecular formula is C19H30N2O. The minimum Gasteiger partial charge on any atom is -0.363 e. The maximum absolute atomic E-state index is 5.77. The van der Waals surface area contributed by atoms with Gasteiger partial charge in [-0.05, 0) is 45.2 Å². The van der Waals surface area contributed by atoms with E-state index in [9.17, 15) is 0 Å². The molecule has 1 aromatic carbocycles. The van der Waals surface area contributed by atoms with Gasteiger partial charge in [-0.25, -0.2) is 0 Å². The van der Waals surface area contributed by atoms with Crippen LogP contribution in [0.1, 0.15) is 38.7 Å². The largest absolute Gasteiger partial charge is 0.363 e. The first kappa shape index (κ1) is 17.2. The molecule has 1 unspecified atom stereocenters. The van der Waals surface area contributed by atoms with Gasteiger partial charge in [-0.3, -0.25) is 4.90 Å². The van der Waals surface area contributed by atoms with Gasteiger partial charge in [-0.1, -0.05) is 42.0 Å². The van der Waals surface area contributed by atoms with Crippen molar-refractivity contribution in [1.82, 2.24) is 10.2 Å². The highest BCUT2D eigenvalue weighted by Gasteiger charge is 2.23. The topological polar surface area (TPSA) is 24.5 Å². The van der Waals surface area contributed by atoms with Crippen LogP contribution in [0.4, 0.5) is 0 Å². The number of nitrogens with one attached hydrogen (secondary N) is 1. The Hall–Kier alpha value is -1.16. The molecule has 0 spiro atoms. The maximum Gasteiger partial charge on any atom is 0.110 e. The van der Waals surface area contributed by atoms with E-state index in [1.54, 1.807) is 0 Å². The normalized spacial score (nSPS) is 19.7. The van der Waals surface area contributed by atoms with Crippen molar-refractivity contribution >= 4 is 6.08 Å². The van der Waals surface area contributed by atoms with Gasteiger partial charge in [-0.15, -0.1) is 0 Å². The molecule has 122 valence electrons. The van der Waals surface area contributed by atoms with E-state index in [1.807, 2.05) is 0 Å². The van der Waals surface area contributed by atoms with Gasteiger partial charge < -0.3 is 10.1 Å². The molecule has 0 radical (unpaired) electrons. The molecule has 1 N–H and O–H groups in total. The molecule has 1 aromatic rings. The van der Waals surface area contributed by atoms with E-state index in [-0.39, 0.29) is 0 Å². The summed E-state index contributed by atoms with van der Waals surface area (Å²) < 4.78 is 5.77. The van der Waals surface area contributed by atoms with E-state index in [0.717, 1.165) is 26.2 Å². The van der Waals surface area contributed by atoms with Crippen LogP contribution >= 0.6 is 0 Å². The number of hydrogen-bond donors (Lipinski definition) is 1. The average molecular weight is 302 g/mol. The predicted molar refractivity (Wildman–Crippen MR) is 93.8 cm³/mol. The molecule has 1 aliphatic heterocycles. The molecule has 1 heterocycles. The lowest BCUT2D eigenvalue weighted by Crippen LogP contribution is -2.34. The van der Waals surface area contributed by atoms with Crippen molar-refractivity contribution in [2.24, 2.45) is 0 Å². The lowest BCUT2D eigenvalue weighted by molar-refractivity contribution is -0.0294. The van der Waals surface area contributed by atoms with Crippen molar-refractivity contribution in [3.8, 4) is 0 Å². The smallest absolute Gasteiger partial charge is 0.110 e. The van der Waals surface area contributed by atoms with Crippen LogP contribution in [0.25, 0.3) is 6.08 Å². The fourth-order valence-electron chi connectivity index (χ4n) is 3.01. The second kappa shape index (κ2) is 9.78. The summed E-state index contributed by atoms with van der Waals surface area (Å²) in [5.74, 6) is 0. The maximum atomic E-state index is 5.77. The summed E-state index contributed by atoms with van der Waals surface area (Å²) in [5.41, 5.74) is 2.65. The van der Waals surface area contributed by atoms with E-state index in [4.69, 9.17) is 4.74 Å². The van der Waals surface area contributed by atoms with Gasteiger partial charge in [0.2, 0.25) is 0 Å². The van der Waals surface area contributed by atoms with Gasteiger partial charge in [0.25, 0.3) is 0 Å². The Kier molecular flexibility index (Phi) is 7.64. The van der Waals surface area contributed by atoms with E-state index in [1.165, 1.54) is 36.9 Å². The zero-order valence-corrected chi connectivity index (χ0v) is 14.1. The average Bonchev–Trinajstić information content (AvgIpc) is 2.96. The quantitative estimate of drug-likeness (QED) is 0.706. The highest BCUT2D eigenvalue weighted by atomic mass is 16.5. The van der Waals surface area contributed by atoms with Crippen molar-refractivity contribution in [1.29, 1.82) is 0 Å². The zero-order valence-electron chi connectivity index (χ0n) is 14.1. The SMILES string of the molecule is CCOC1CCCN1CCCNCC(C)=Cc1ccccc1. The van der Waals surface area contributed by atoms with E-state index < -0.39 is 0 Å². The van der Waals surface area contributed by atoms with Crippen LogP contribution in [0, 0.1) is 0 Å². The second-order valence-corrected chi connectivity index (χ2v) is 6.02. The fraction of sp³-hybridized carbons (Fsp3) is 0.579.